The fraction of sp³-hybridized carbons (Fsp3) is 0.562. The molecular weight excluding hydrogens is 485 g/mol. The molecule has 0 amide bonds. The molecule has 1 rings (SSSR count). The summed E-state index contributed by atoms with van der Waals surface area (Å²) in [5.74, 6) is 0.692. The maximum absolute atomic E-state index is 11.2. The van der Waals surface area contributed by atoms with E-state index in [0.29, 0.717) is 37.7 Å². The molecular formula is C16H28IN5O4S. The normalized spacial score (nSPS) is 12.6. The zero-order valence-electron chi connectivity index (χ0n) is 15.8. The third-order valence-electron chi connectivity index (χ3n) is 3.45. The molecule has 154 valence electrons. The molecule has 0 saturated carbocycles. The van der Waals surface area contributed by atoms with E-state index >= 15 is 0 Å². The average molecular weight is 513 g/mol. The van der Waals surface area contributed by atoms with Crippen LogP contribution in [-0.2, 0) is 9.84 Å². The number of nitrogens with one attached hydrogen (secondary N) is 3. The molecule has 9 nitrogen and oxygen atoms in total. The second-order valence-electron chi connectivity index (χ2n) is 5.93. The molecule has 0 aliphatic heterocycles. The first kappa shape index (κ1) is 25.4. The average Bonchev–Trinajstić information content (AvgIpc) is 2.56. The highest BCUT2D eigenvalue weighted by Crippen LogP contribution is 2.22. The van der Waals surface area contributed by atoms with Gasteiger partial charge in [0, 0.05) is 31.5 Å². The van der Waals surface area contributed by atoms with Crippen molar-refractivity contribution in [1.29, 1.82) is 0 Å². The number of aliphatic imine (C=N–C) groups is 1. The van der Waals surface area contributed by atoms with Gasteiger partial charge in [-0.25, -0.2) is 8.42 Å². The van der Waals surface area contributed by atoms with Crippen LogP contribution in [0.2, 0.25) is 0 Å². The van der Waals surface area contributed by atoms with Crippen molar-refractivity contribution >= 4 is 51.1 Å². The molecule has 0 fully saturated rings. The molecule has 3 N–H and O–H groups in total. The number of nitro benzene ring substituents is 1. The summed E-state index contributed by atoms with van der Waals surface area (Å²) < 4.78 is 22.5. The first-order valence-corrected chi connectivity index (χ1v) is 10.5. The Labute approximate surface area is 177 Å². The van der Waals surface area contributed by atoms with Gasteiger partial charge in [-0.1, -0.05) is 12.1 Å². The van der Waals surface area contributed by atoms with Crippen LogP contribution in [0, 0.1) is 10.1 Å². The van der Waals surface area contributed by atoms with Crippen LogP contribution in [0.1, 0.15) is 20.3 Å². The molecule has 0 saturated heterocycles. The molecule has 0 aromatic heterocycles. The van der Waals surface area contributed by atoms with Crippen molar-refractivity contribution in [2.45, 2.75) is 26.3 Å². The smallest absolute Gasteiger partial charge is 0.292 e. The van der Waals surface area contributed by atoms with E-state index in [4.69, 9.17) is 0 Å². The van der Waals surface area contributed by atoms with Crippen LogP contribution in [-0.4, -0.2) is 57.0 Å². The first-order chi connectivity index (χ1) is 12.2. The molecule has 0 spiro atoms. The van der Waals surface area contributed by atoms with Gasteiger partial charge in [0.15, 0.2) is 5.96 Å². The summed E-state index contributed by atoms with van der Waals surface area (Å²) >= 11 is 0. The van der Waals surface area contributed by atoms with Gasteiger partial charge < -0.3 is 16.0 Å². The Morgan fingerprint density at radius 2 is 2.00 bits per heavy atom. The summed E-state index contributed by atoms with van der Waals surface area (Å²) in [6.07, 6.45) is 1.70. The van der Waals surface area contributed by atoms with Gasteiger partial charge in [0.2, 0.25) is 0 Å². The van der Waals surface area contributed by atoms with E-state index in [-0.39, 0.29) is 41.5 Å². The predicted octanol–water partition coefficient (Wildman–Crippen LogP) is 2.00. The molecule has 27 heavy (non-hydrogen) atoms. The highest BCUT2D eigenvalue weighted by molar-refractivity contribution is 14.0. The molecule has 0 aliphatic carbocycles. The Hall–Kier alpha value is -1.63. The number of anilines is 1. The summed E-state index contributed by atoms with van der Waals surface area (Å²) in [7, 11) is -3.00. The van der Waals surface area contributed by atoms with Crippen molar-refractivity contribution in [2.24, 2.45) is 4.99 Å². The monoisotopic (exact) mass is 513 g/mol. The van der Waals surface area contributed by atoms with Gasteiger partial charge in [0.1, 0.15) is 15.5 Å². The minimum absolute atomic E-state index is 0. The van der Waals surface area contributed by atoms with Crippen molar-refractivity contribution in [2.75, 3.05) is 37.0 Å². The third kappa shape index (κ3) is 11.0. The number of benzene rings is 1. The Morgan fingerprint density at radius 1 is 1.33 bits per heavy atom. The second kappa shape index (κ2) is 12.7. The number of hydrogen-bond donors (Lipinski definition) is 3. The van der Waals surface area contributed by atoms with Crippen LogP contribution in [0.25, 0.3) is 0 Å². The van der Waals surface area contributed by atoms with E-state index in [1.807, 2.05) is 13.8 Å². The van der Waals surface area contributed by atoms with Gasteiger partial charge in [-0.05, 0) is 26.3 Å². The van der Waals surface area contributed by atoms with Crippen molar-refractivity contribution < 1.29 is 13.3 Å². The Balaban J connectivity index is 0.00000676. The third-order valence-corrected chi connectivity index (χ3v) is 4.42. The van der Waals surface area contributed by atoms with Crippen LogP contribution in [0.5, 0.6) is 0 Å². The summed E-state index contributed by atoms with van der Waals surface area (Å²) in [6.45, 7) is 5.33. The lowest BCUT2D eigenvalue weighted by Gasteiger charge is -2.17. The zero-order valence-corrected chi connectivity index (χ0v) is 18.9. The topological polar surface area (TPSA) is 126 Å². The van der Waals surface area contributed by atoms with Crippen LogP contribution in [0.15, 0.2) is 29.3 Å². The second-order valence-corrected chi connectivity index (χ2v) is 8.19. The SMILES string of the molecule is CCNC(=NCCNc1ccccc1[N+](=O)[O-])NC(C)CCS(C)(=O)=O.I. The fourth-order valence-electron chi connectivity index (χ4n) is 2.16. The number of nitro groups is 1. The fourth-order valence-corrected chi connectivity index (χ4v) is 2.94. The van der Waals surface area contributed by atoms with E-state index < -0.39 is 14.8 Å². The van der Waals surface area contributed by atoms with Crippen LogP contribution < -0.4 is 16.0 Å². The summed E-state index contributed by atoms with van der Waals surface area (Å²) in [6, 6.07) is 6.39. The van der Waals surface area contributed by atoms with Gasteiger partial charge in [0.25, 0.3) is 5.69 Å². The van der Waals surface area contributed by atoms with E-state index in [2.05, 4.69) is 20.9 Å². The Morgan fingerprint density at radius 3 is 2.59 bits per heavy atom. The Kier molecular flexibility index (Phi) is 11.9. The van der Waals surface area contributed by atoms with Gasteiger partial charge in [-0.3, -0.25) is 15.1 Å². The molecule has 11 heteroatoms. The predicted molar refractivity (Wildman–Crippen MR) is 120 cm³/mol. The lowest BCUT2D eigenvalue weighted by Crippen LogP contribution is -2.43. The molecule has 1 aromatic rings. The van der Waals surface area contributed by atoms with Crippen LogP contribution in [0.4, 0.5) is 11.4 Å². The van der Waals surface area contributed by atoms with E-state index in [1.54, 1.807) is 18.2 Å². The summed E-state index contributed by atoms with van der Waals surface area (Å²) in [5.41, 5.74) is 0.475. The van der Waals surface area contributed by atoms with Gasteiger partial charge in [-0.15, -0.1) is 24.0 Å². The molecule has 0 bridgehead atoms. The van der Waals surface area contributed by atoms with Crippen molar-refractivity contribution in [3.63, 3.8) is 0 Å². The van der Waals surface area contributed by atoms with Crippen LogP contribution >= 0.6 is 24.0 Å². The summed E-state index contributed by atoms with van der Waals surface area (Å²) in [4.78, 5) is 14.9. The van der Waals surface area contributed by atoms with Gasteiger partial charge >= 0.3 is 0 Å². The highest BCUT2D eigenvalue weighted by atomic mass is 127. The zero-order chi connectivity index (χ0) is 19.6. The number of halogens is 1. The maximum Gasteiger partial charge on any atom is 0.292 e. The molecule has 1 unspecified atom stereocenters. The molecule has 0 radical (unpaired) electrons. The van der Waals surface area contributed by atoms with Crippen molar-refractivity contribution in [3.8, 4) is 0 Å². The number of nitrogens with zero attached hydrogens (tertiary/aromatic N) is 2. The molecule has 1 aromatic carbocycles. The summed E-state index contributed by atoms with van der Waals surface area (Å²) in [5, 5.41) is 20.2. The lowest BCUT2D eigenvalue weighted by atomic mass is 10.2. The highest BCUT2D eigenvalue weighted by Gasteiger charge is 2.12. The minimum atomic E-state index is -3.00. The molecule has 1 atom stereocenters. The van der Waals surface area contributed by atoms with Gasteiger partial charge in [-0.2, -0.15) is 0 Å². The number of rotatable bonds is 10. The van der Waals surface area contributed by atoms with Crippen molar-refractivity contribution in [3.05, 3.63) is 34.4 Å². The van der Waals surface area contributed by atoms with Gasteiger partial charge in [0.05, 0.1) is 17.2 Å². The first-order valence-electron chi connectivity index (χ1n) is 8.42. The largest absolute Gasteiger partial charge is 0.378 e. The lowest BCUT2D eigenvalue weighted by molar-refractivity contribution is -0.384. The number of para-hydroxylation sites is 2. The van der Waals surface area contributed by atoms with E-state index in [0.717, 1.165) is 0 Å². The standard InChI is InChI=1S/C16H27N5O4S.HI/c1-4-17-16(20-13(2)9-12-26(3,24)25)19-11-10-18-14-7-5-6-8-15(14)21(22)23;/h5-8,13,18H,4,9-12H2,1-3H3,(H2,17,19,20);1H. The quantitative estimate of drug-likeness (QED) is 0.109. The Bertz CT molecular complexity index is 727. The minimum Gasteiger partial charge on any atom is -0.378 e. The maximum atomic E-state index is 11.2. The number of guanidine groups is 1. The number of sulfone groups is 1. The number of hydrogen-bond acceptors (Lipinski definition) is 6. The van der Waals surface area contributed by atoms with E-state index in [9.17, 15) is 18.5 Å². The van der Waals surface area contributed by atoms with Crippen molar-refractivity contribution in [1.82, 2.24) is 10.6 Å². The molecule has 0 heterocycles. The molecule has 0 aliphatic rings. The van der Waals surface area contributed by atoms with Crippen LogP contribution in [0.3, 0.4) is 0 Å². The van der Waals surface area contributed by atoms with E-state index in [1.165, 1.54) is 12.3 Å².